The average Bonchev–Trinajstić information content (AvgIpc) is 3.22. The van der Waals surface area contributed by atoms with Crippen LogP contribution in [-0.2, 0) is 34.1 Å². The van der Waals surface area contributed by atoms with Gasteiger partial charge >= 0.3 is 0 Å². The maximum absolute atomic E-state index is 13.1. The van der Waals surface area contributed by atoms with Crippen LogP contribution in [0.25, 0.3) is 0 Å². The standard InChI is InChI=1S/C24H31N3O3S/c1-26(2)23-12-11-21(31(29,30)27-13-4-3-5-14-27)17-22(23)25-24(28)16-18-9-10-19-7-6-8-20(19)15-18/h9-12,15,17H,3-8,13-14,16H2,1-2H3,(H,25,28). The molecule has 1 saturated heterocycles. The monoisotopic (exact) mass is 441 g/mol. The van der Waals surface area contributed by atoms with Crippen LogP contribution in [0.4, 0.5) is 11.4 Å². The lowest BCUT2D eigenvalue weighted by atomic mass is 10.0. The molecule has 2 aromatic rings. The Labute approximate surface area is 185 Å². The molecule has 1 N–H and O–H groups in total. The third kappa shape index (κ3) is 4.77. The van der Waals surface area contributed by atoms with Crippen molar-refractivity contribution in [1.29, 1.82) is 0 Å². The van der Waals surface area contributed by atoms with E-state index in [1.807, 2.05) is 25.1 Å². The molecule has 0 saturated carbocycles. The molecule has 1 heterocycles. The van der Waals surface area contributed by atoms with E-state index in [4.69, 9.17) is 0 Å². The van der Waals surface area contributed by atoms with E-state index in [1.54, 1.807) is 22.5 Å². The summed E-state index contributed by atoms with van der Waals surface area (Å²) in [4.78, 5) is 14.9. The Bertz CT molecular complexity index is 1070. The molecule has 166 valence electrons. The van der Waals surface area contributed by atoms with Gasteiger partial charge in [-0.05, 0) is 67.0 Å². The maximum Gasteiger partial charge on any atom is 0.243 e. The number of fused-ring (bicyclic) bond motifs is 1. The minimum Gasteiger partial charge on any atom is -0.376 e. The molecule has 31 heavy (non-hydrogen) atoms. The SMILES string of the molecule is CN(C)c1ccc(S(=O)(=O)N2CCCCC2)cc1NC(=O)Cc1ccc2c(c1)CCC2. The molecule has 2 aromatic carbocycles. The summed E-state index contributed by atoms with van der Waals surface area (Å²) in [5, 5.41) is 2.96. The molecular weight excluding hydrogens is 410 g/mol. The van der Waals surface area contributed by atoms with Crippen molar-refractivity contribution in [2.24, 2.45) is 0 Å². The van der Waals surface area contributed by atoms with E-state index < -0.39 is 10.0 Å². The smallest absolute Gasteiger partial charge is 0.243 e. The second-order valence-corrected chi connectivity index (χ2v) is 10.7. The molecule has 6 nitrogen and oxygen atoms in total. The van der Waals surface area contributed by atoms with Crippen LogP contribution in [0, 0.1) is 0 Å². The van der Waals surface area contributed by atoms with Crippen LogP contribution in [0.3, 0.4) is 0 Å². The minimum absolute atomic E-state index is 0.145. The lowest BCUT2D eigenvalue weighted by Crippen LogP contribution is -2.35. The van der Waals surface area contributed by atoms with Gasteiger partial charge in [0.05, 0.1) is 22.7 Å². The van der Waals surface area contributed by atoms with Gasteiger partial charge in [-0.1, -0.05) is 24.6 Å². The number of piperidine rings is 1. The Balaban J connectivity index is 1.56. The number of amides is 1. The lowest BCUT2D eigenvalue weighted by molar-refractivity contribution is -0.115. The highest BCUT2D eigenvalue weighted by atomic mass is 32.2. The molecule has 0 atom stereocenters. The fourth-order valence-corrected chi connectivity index (χ4v) is 6.08. The molecule has 0 unspecified atom stereocenters. The van der Waals surface area contributed by atoms with Crippen molar-refractivity contribution < 1.29 is 13.2 Å². The van der Waals surface area contributed by atoms with E-state index in [0.29, 0.717) is 18.8 Å². The first kappa shape index (κ1) is 21.8. The first-order valence-corrected chi connectivity index (χ1v) is 12.5. The number of rotatable bonds is 6. The second-order valence-electron chi connectivity index (χ2n) is 8.72. The van der Waals surface area contributed by atoms with E-state index >= 15 is 0 Å². The van der Waals surface area contributed by atoms with Crippen molar-refractivity contribution in [2.75, 3.05) is 37.4 Å². The highest BCUT2D eigenvalue weighted by Gasteiger charge is 2.27. The van der Waals surface area contributed by atoms with Crippen LogP contribution in [0.5, 0.6) is 0 Å². The number of carbonyl (C=O) groups excluding carboxylic acids is 1. The van der Waals surface area contributed by atoms with Crippen LogP contribution in [0.1, 0.15) is 42.4 Å². The number of carbonyl (C=O) groups is 1. The van der Waals surface area contributed by atoms with E-state index in [1.165, 1.54) is 17.5 Å². The van der Waals surface area contributed by atoms with Gasteiger partial charge in [0.25, 0.3) is 0 Å². The highest BCUT2D eigenvalue weighted by Crippen LogP contribution is 2.30. The molecule has 0 radical (unpaired) electrons. The summed E-state index contributed by atoms with van der Waals surface area (Å²) in [6.07, 6.45) is 6.48. The quantitative estimate of drug-likeness (QED) is 0.744. The summed E-state index contributed by atoms with van der Waals surface area (Å²) >= 11 is 0. The number of hydrogen-bond acceptors (Lipinski definition) is 4. The van der Waals surface area contributed by atoms with Crippen LogP contribution in [0.2, 0.25) is 0 Å². The third-order valence-corrected chi connectivity index (χ3v) is 8.10. The summed E-state index contributed by atoms with van der Waals surface area (Å²) < 4.78 is 27.8. The van der Waals surface area contributed by atoms with Crippen molar-refractivity contribution in [2.45, 2.75) is 49.8 Å². The zero-order valence-corrected chi connectivity index (χ0v) is 19.2. The van der Waals surface area contributed by atoms with Crippen LogP contribution in [-0.4, -0.2) is 45.8 Å². The highest BCUT2D eigenvalue weighted by molar-refractivity contribution is 7.89. The van der Waals surface area contributed by atoms with Crippen LogP contribution >= 0.6 is 0 Å². The molecule has 1 amide bonds. The largest absolute Gasteiger partial charge is 0.376 e. The van der Waals surface area contributed by atoms with Gasteiger partial charge in [0, 0.05) is 27.2 Å². The van der Waals surface area contributed by atoms with Gasteiger partial charge in [-0.3, -0.25) is 4.79 Å². The first-order chi connectivity index (χ1) is 14.8. The topological polar surface area (TPSA) is 69.7 Å². The summed E-state index contributed by atoms with van der Waals surface area (Å²) in [7, 11) is 0.194. The van der Waals surface area contributed by atoms with Crippen molar-refractivity contribution >= 4 is 27.3 Å². The van der Waals surface area contributed by atoms with Crippen LogP contribution in [0.15, 0.2) is 41.3 Å². The van der Waals surface area contributed by atoms with Crippen LogP contribution < -0.4 is 10.2 Å². The number of nitrogens with one attached hydrogen (secondary N) is 1. The summed E-state index contributed by atoms with van der Waals surface area (Å²) in [6, 6.07) is 11.3. The predicted molar refractivity (Wildman–Crippen MR) is 124 cm³/mol. The van der Waals surface area contributed by atoms with E-state index in [9.17, 15) is 13.2 Å². The summed E-state index contributed by atoms with van der Waals surface area (Å²) in [5.41, 5.74) is 5.01. The van der Waals surface area contributed by atoms with Gasteiger partial charge < -0.3 is 10.2 Å². The lowest BCUT2D eigenvalue weighted by Gasteiger charge is -2.26. The van der Waals surface area contributed by atoms with Gasteiger partial charge in [-0.2, -0.15) is 4.31 Å². The Morgan fingerprint density at radius 2 is 1.71 bits per heavy atom. The van der Waals surface area contributed by atoms with Crippen molar-refractivity contribution in [3.05, 3.63) is 53.1 Å². The van der Waals surface area contributed by atoms with E-state index in [-0.39, 0.29) is 17.2 Å². The van der Waals surface area contributed by atoms with Gasteiger partial charge in [0.15, 0.2) is 0 Å². The number of anilines is 2. The summed E-state index contributed by atoms with van der Waals surface area (Å²) in [6.45, 7) is 1.11. The molecular formula is C24H31N3O3S. The summed E-state index contributed by atoms with van der Waals surface area (Å²) in [5.74, 6) is -0.145. The van der Waals surface area contributed by atoms with Gasteiger partial charge in [0.2, 0.25) is 15.9 Å². The molecule has 4 rings (SSSR count). The Morgan fingerprint density at radius 3 is 2.45 bits per heavy atom. The molecule has 2 aliphatic rings. The second kappa shape index (κ2) is 9.01. The minimum atomic E-state index is -3.56. The first-order valence-electron chi connectivity index (χ1n) is 11.1. The molecule has 0 bridgehead atoms. The van der Waals surface area contributed by atoms with Crippen molar-refractivity contribution in [3.8, 4) is 0 Å². The third-order valence-electron chi connectivity index (χ3n) is 6.20. The Hall–Kier alpha value is -2.38. The average molecular weight is 442 g/mol. The fraction of sp³-hybridized carbons (Fsp3) is 0.458. The van der Waals surface area contributed by atoms with Gasteiger partial charge in [-0.25, -0.2) is 8.42 Å². The van der Waals surface area contributed by atoms with Crippen molar-refractivity contribution in [1.82, 2.24) is 4.31 Å². The predicted octanol–water partition coefficient (Wildman–Crippen LogP) is 3.60. The fourth-order valence-electron chi connectivity index (χ4n) is 4.53. The van der Waals surface area contributed by atoms with Crippen molar-refractivity contribution in [3.63, 3.8) is 0 Å². The zero-order chi connectivity index (χ0) is 22.0. The maximum atomic E-state index is 13.1. The van der Waals surface area contributed by atoms with Gasteiger partial charge in [0.1, 0.15) is 0 Å². The number of aryl methyl sites for hydroxylation is 2. The number of nitrogens with zero attached hydrogens (tertiary/aromatic N) is 2. The number of sulfonamides is 1. The molecule has 1 aliphatic heterocycles. The van der Waals surface area contributed by atoms with Gasteiger partial charge in [-0.15, -0.1) is 0 Å². The number of benzene rings is 2. The van der Waals surface area contributed by atoms with E-state index in [0.717, 1.165) is 43.4 Å². The molecule has 1 fully saturated rings. The van der Waals surface area contributed by atoms with E-state index in [2.05, 4.69) is 17.4 Å². The Morgan fingerprint density at radius 1 is 0.968 bits per heavy atom. The normalized spacial score (nSPS) is 16.7. The number of hydrogen-bond donors (Lipinski definition) is 1. The molecule has 0 spiro atoms. The Kier molecular flexibility index (Phi) is 6.34. The molecule has 7 heteroatoms. The molecule has 0 aromatic heterocycles. The zero-order valence-electron chi connectivity index (χ0n) is 18.4. The molecule has 1 aliphatic carbocycles.